The Morgan fingerprint density at radius 1 is 1.18 bits per heavy atom. The highest BCUT2D eigenvalue weighted by Crippen LogP contribution is 2.11. The first-order chi connectivity index (χ1) is 13.2. The molecule has 0 amide bonds. The smallest absolute Gasteiger partial charge is 0.191 e. The molecule has 0 unspecified atom stereocenters. The van der Waals surface area contributed by atoms with Crippen molar-refractivity contribution in [3.8, 4) is 0 Å². The zero-order chi connectivity index (χ0) is 18.9. The minimum atomic E-state index is 0. The quantitative estimate of drug-likeness (QED) is 0.338. The predicted octanol–water partition coefficient (Wildman–Crippen LogP) is 2.81. The molecule has 1 fully saturated rings. The van der Waals surface area contributed by atoms with E-state index in [4.69, 9.17) is 4.74 Å². The monoisotopic (exact) mass is 515 g/mol. The van der Waals surface area contributed by atoms with Crippen LogP contribution in [0, 0.1) is 6.92 Å². The van der Waals surface area contributed by atoms with Gasteiger partial charge in [0.25, 0.3) is 0 Å². The number of morpholine rings is 1. The number of hydrogen-bond donors (Lipinski definition) is 2. The van der Waals surface area contributed by atoms with Gasteiger partial charge in [-0.3, -0.25) is 9.89 Å². The third-order valence-corrected chi connectivity index (χ3v) is 5.49. The second-order valence-corrected chi connectivity index (χ2v) is 7.99. The molecular formula is C20H30IN5OS. The Hall–Kier alpha value is -1.23. The topological polar surface area (TPSA) is 61.8 Å². The molecule has 1 aliphatic rings. The summed E-state index contributed by atoms with van der Waals surface area (Å²) in [5, 5.41) is 7.88. The lowest BCUT2D eigenvalue weighted by Crippen LogP contribution is -2.37. The molecule has 6 nitrogen and oxygen atoms in total. The first kappa shape index (κ1) is 23.1. The Bertz CT molecular complexity index is 728. The van der Waals surface area contributed by atoms with Crippen LogP contribution in [0.5, 0.6) is 0 Å². The number of halogens is 1. The van der Waals surface area contributed by atoms with Crippen molar-refractivity contribution in [2.45, 2.75) is 26.4 Å². The van der Waals surface area contributed by atoms with Gasteiger partial charge in [0.2, 0.25) is 0 Å². The Balaban J connectivity index is 0.00000280. The number of nitrogens with one attached hydrogen (secondary N) is 2. The lowest BCUT2D eigenvalue weighted by Gasteiger charge is -2.26. The van der Waals surface area contributed by atoms with Crippen molar-refractivity contribution in [1.82, 2.24) is 20.5 Å². The van der Waals surface area contributed by atoms with Crippen LogP contribution in [0.25, 0.3) is 0 Å². The van der Waals surface area contributed by atoms with E-state index in [0.29, 0.717) is 0 Å². The number of ether oxygens (including phenoxy) is 1. The van der Waals surface area contributed by atoms with Crippen molar-refractivity contribution in [3.63, 3.8) is 0 Å². The molecule has 2 heterocycles. The van der Waals surface area contributed by atoms with Crippen molar-refractivity contribution < 1.29 is 4.74 Å². The molecule has 2 aromatic rings. The van der Waals surface area contributed by atoms with Gasteiger partial charge in [0.1, 0.15) is 0 Å². The fourth-order valence-electron chi connectivity index (χ4n) is 2.99. The number of aryl methyl sites for hydroxylation is 1. The third-order valence-electron chi connectivity index (χ3n) is 4.52. The molecule has 154 valence electrons. The van der Waals surface area contributed by atoms with Crippen molar-refractivity contribution >= 4 is 41.3 Å². The van der Waals surface area contributed by atoms with Gasteiger partial charge in [-0.05, 0) is 18.1 Å². The normalized spacial score (nSPS) is 15.1. The molecule has 0 radical (unpaired) electrons. The van der Waals surface area contributed by atoms with E-state index in [1.165, 1.54) is 16.0 Å². The maximum absolute atomic E-state index is 5.41. The molecule has 2 N–H and O–H groups in total. The van der Waals surface area contributed by atoms with E-state index >= 15 is 0 Å². The molecular weight excluding hydrogens is 485 g/mol. The van der Waals surface area contributed by atoms with E-state index in [-0.39, 0.29) is 24.0 Å². The highest BCUT2D eigenvalue weighted by Gasteiger charge is 2.10. The van der Waals surface area contributed by atoms with E-state index in [9.17, 15) is 0 Å². The number of rotatable bonds is 7. The molecule has 0 bridgehead atoms. The summed E-state index contributed by atoms with van der Waals surface area (Å²) in [6, 6.07) is 8.81. The molecule has 0 spiro atoms. The van der Waals surface area contributed by atoms with Crippen molar-refractivity contribution in [2.24, 2.45) is 4.99 Å². The molecule has 0 saturated carbocycles. The Kier molecular flexibility index (Phi) is 10.2. The molecule has 1 aliphatic heterocycles. The van der Waals surface area contributed by atoms with Crippen LogP contribution in [0.2, 0.25) is 0 Å². The number of benzene rings is 1. The van der Waals surface area contributed by atoms with Gasteiger partial charge < -0.3 is 15.4 Å². The fraction of sp³-hybridized carbons (Fsp3) is 0.500. The van der Waals surface area contributed by atoms with Crippen LogP contribution < -0.4 is 10.6 Å². The highest BCUT2D eigenvalue weighted by molar-refractivity contribution is 14.0. The maximum Gasteiger partial charge on any atom is 0.191 e. The van der Waals surface area contributed by atoms with Gasteiger partial charge in [0.15, 0.2) is 5.96 Å². The zero-order valence-electron chi connectivity index (χ0n) is 16.6. The van der Waals surface area contributed by atoms with Crippen LogP contribution in [0.1, 0.15) is 21.0 Å². The average Bonchev–Trinajstić information content (AvgIpc) is 3.11. The van der Waals surface area contributed by atoms with Gasteiger partial charge >= 0.3 is 0 Å². The fourth-order valence-corrected chi connectivity index (χ4v) is 3.78. The molecule has 1 aromatic carbocycles. The highest BCUT2D eigenvalue weighted by atomic mass is 127. The van der Waals surface area contributed by atoms with Gasteiger partial charge in [-0.25, -0.2) is 4.98 Å². The van der Waals surface area contributed by atoms with Crippen LogP contribution in [0.4, 0.5) is 0 Å². The van der Waals surface area contributed by atoms with Crippen molar-refractivity contribution in [2.75, 3.05) is 39.9 Å². The SMILES string of the molecule is CN=C(NCCc1ncc(C)s1)NCc1ccc(CN2CCOCC2)cc1.I. The minimum absolute atomic E-state index is 0. The molecule has 0 atom stereocenters. The van der Waals surface area contributed by atoms with Crippen LogP contribution >= 0.6 is 35.3 Å². The van der Waals surface area contributed by atoms with Crippen LogP contribution in [-0.4, -0.2) is 55.7 Å². The van der Waals surface area contributed by atoms with Crippen molar-refractivity contribution in [1.29, 1.82) is 0 Å². The number of aliphatic imine (C=N–C) groups is 1. The largest absolute Gasteiger partial charge is 0.379 e. The summed E-state index contributed by atoms with van der Waals surface area (Å²) in [5.41, 5.74) is 2.60. The second kappa shape index (κ2) is 12.4. The number of nitrogens with zero attached hydrogens (tertiary/aromatic N) is 3. The number of thiazole rings is 1. The number of guanidine groups is 1. The van der Waals surface area contributed by atoms with Gasteiger partial charge in [-0.2, -0.15) is 0 Å². The van der Waals surface area contributed by atoms with Gasteiger partial charge in [-0.1, -0.05) is 24.3 Å². The van der Waals surface area contributed by atoms with Crippen LogP contribution in [-0.2, 0) is 24.2 Å². The first-order valence-electron chi connectivity index (χ1n) is 9.46. The Labute approximate surface area is 188 Å². The molecule has 1 aromatic heterocycles. The third kappa shape index (κ3) is 7.65. The Morgan fingerprint density at radius 2 is 1.89 bits per heavy atom. The summed E-state index contributed by atoms with van der Waals surface area (Å²) < 4.78 is 5.41. The summed E-state index contributed by atoms with van der Waals surface area (Å²) in [6.45, 7) is 8.39. The van der Waals surface area contributed by atoms with Gasteiger partial charge in [0.05, 0.1) is 18.2 Å². The number of aromatic nitrogens is 1. The predicted molar refractivity (Wildman–Crippen MR) is 127 cm³/mol. The summed E-state index contributed by atoms with van der Waals surface area (Å²) in [4.78, 5) is 12.4. The van der Waals surface area contributed by atoms with Gasteiger partial charge in [-0.15, -0.1) is 35.3 Å². The molecule has 3 rings (SSSR count). The van der Waals surface area contributed by atoms with E-state index in [0.717, 1.165) is 63.3 Å². The first-order valence-corrected chi connectivity index (χ1v) is 10.3. The zero-order valence-corrected chi connectivity index (χ0v) is 19.8. The maximum atomic E-state index is 5.41. The number of hydrogen-bond acceptors (Lipinski definition) is 5. The average molecular weight is 515 g/mol. The van der Waals surface area contributed by atoms with E-state index < -0.39 is 0 Å². The second-order valence-electron chi connectivity index (χ2n) is 6.67. The van der Waals surface area contributed by atoms with Crippen LogP contribution in [0.15, 0.2) is 35.5 Å². The lowest BCUT2D eigenvalue weighted by atomic mass is 10.1. The minimum Gasteiger partial charge on any atom is -0.379 e. The van der Waals surface area contributed by atoms with Crippen LogP contribution in [0.3, 0.4) is 0 Å². The molecule has 1 saturated heterocycles. The van der Waals surface area contributed by atoms with E-state index in [2.05, 4.69) is 56.7 Å². The van der Waals surface area contributed by atoms with E-state index in [1.807, 2.05) is 6.20 Å². The Morgan fingerprint density at radius 3 is 2.54 bits per heavy atom. The van der Waals surface area contributed by atoms with Crippen molar-refractivity contribution in [3.05, 3.63) is 51.5 Å². The molecule has 0 aliphatic carbocycles. The summed E-state index contributed by atoms with van der Waals surface area (Å²) in [7, 11) is 1.80. The standard InChI is InChI=1S/C20H29N5OS.HI/c1-16-13-23-19(27-16)7-8-22-20(21-2)24-14-17-3-5-18(6-4-17)15-25-9-11-26-12-10-25;/h3-6,13H,7-12,14-15H2,1-2H3,(H2,21,22,24);1H. The summed E-state index contributed by atoms with van der Waals surface area (Å²) >= 11 is 1.75. The summed E-state index contributed by atoms with van der Waals surface area (Å²) in [5.74, 6) is 0.820. The summed E-state index contributed by atoms with van der Waals surface area (Å²) in [6.07, 6.45) is 2.84. The molecule has 28 heavy (non-hydrogen) atoms. The van der Waals surface area contributed by atoms with Gasteiger partial charge in [0, 0.05) is 57.3 Å². The molecule has 8 heteroatoms. The van der Waals surface area contributed by atoms with E-state index in [1.54, 1.807) is 18.4 Å². The lowest BCUT2D eigenvalue weighted by molar-refractivity contribution is 0.0342.